The molecule has 1 aromatic heterocycles. The zero-order valence-corrected chi connectivity index (χ0v) is 12.8. The number of nitrogens with zero attached hydrogens (tertiary/aromatic N) is 3. The molecule has 4 nitrogen and oxygen atoms in total. The van der Waals surface area contributed by atoms with Crippen LogP contribution in [0.15, 0.2) is 30.3 Å². The average molecular weight is 281 g/mol. The third-order valence-electron chi connectivity index (χ3n) is 3.41. The van der Waals surface area contributed by atoms with Crippen molar-refractivity contribution in [2.45, 2.75) is 20.4 Å². The number of nitriles is 1. The van der Waals surface area contributed by atoms with Crippen LogP contribution < -0.4 is 9.64 Å². The van der Waals surface area contributed by atoms with Crippen LogP contribution in [0.4, 0.5) is 5.69 Å². The van der Waals surface area contributed by atoms with Crippen molar-refractivity contribution in [2.24, 2.45) is 0 Å². The van der Waals surface area contributed by atoms with Crippen molar-refractivity contribution >= 4 is 5.69 Å². The van der Waals surface area contributed by atoms with Crippen molar-refractivity contribution in [1.82, 2.24) is 4.98 Å². The van der Waals surface area contributed by atoms with Gasteiger partial charge in [0.15, 0.2) is 0 Å². The van der Waals surface area contributed by atoms with Gasteiger partial charge >= 0.3 is 0 Å². The van der Waals surface area contributed by atoms with Gasteiger partial charge in [-0.1, -0.05) is 12.1 Å². The van der Waals surface area contributed by atoms with Gasteiger partial charge < -0.3 is 9.64 Å². The Hall–Kier alpha value is -2.54. The number of rotatable bonds is 4. The van der Waals surface area contributed by atoms with E-state index in [1.165, 1.54) is 0 Å². The summed E-state index contributed by atoms with van der Waals surface area (Å²) in [4.78, 5) is 6.42. The van der Waals surface area contributed by atoms with Crippen LogP contribution in [0.3, 0.4) is 0 Å². The van der Waals surface area contributed by atoms with E-state index in [-0.39, 0.29) is 0 Å². The van der Waals surface area contributed by atoms with E-state index in [1.54, 1.807) is 7.11 Å². The Kier molecular flexibility index (Phi) is 4.44. The molecule has 0 N–H and O–H groups in total. The summed E-state index contributed by atoms with van der Waals surface area (Å²) in [5.74, 6) is 0.842. The average Bonchev–Trinajstić information content (AvgIpc) is 2.47. The minimum Gasteiger partial charge on any atom is -0.497 e. The van der Waals surface area contributed by atoms with Crippen molar-refractivity contribution in [3.63, 3.8) is 0 Å². The van der Waals surface area contributed by atoms with Gasteiger partial charge in [-0.2, -0.15) is 5.26 Å². The van der Waals surface area contributed by atoms with Crippen LogP contribution in [-0.4, -0.2) is 19.1 Å². The predicted octanol–water partition coefficient (Wildman–Crippen LogP) is 3.22. The molecule has 21 heavy (non-hydrogen) atoms. The summed E-state index contributed by atoms with van der Waals surface area (Å²) in [5.41, 5.74) is 4.40. The second kappa shape index (κ2) is 6.27. The van der Waals surface area contributed by atoms with Gasteiger partial charge in [-0.05, 0) is 37.6 Å². The first kappa shape index (κ1) is 14.9. The third kappa shape index (κ3) is 3.32. The van der Waals surface area contributed by atoms with E-state index in [1.807, 2.05) is 51.2 Å². The third-order valence-corrected chi connectivity index (χ3v) is 3.41. The highest BCUT2D eigenvalue weighted by Gasteiger charge is 2.12. The Morgan fingerprint density at radius 2 is 1.90 bits per heavy atom. The highest BCUT2D eigenvalue weighted by molar-refractivity contribution is 5.61. The van der Waals surface area contributed by atoms with Crippen molar-refractivity contribution < 1.29 is 4.74 Å². The van der Waals surface area contributed by atoms with Crippen molar-refractivity contribution in [3.05, 3.63) is 52.8 Å². The molecule has 1 heterocycles. The van der Waals surface area contributed by atoms with E-state index >= 15 is 0 Å². The zero-order chi connectivity index (χ0) is 15.4. The molecule has 1 aromatic carbocycles. The molecule has 0 aliphatic rings. The number of hydrogen-bond donors (Lipinski definition) is 0. The highest BCUT2D eigenvalue weighted by atomic mass is 16.5. The molecule has 0 radical (unpaired) electrons. The molecule has 0 aliphatic carbocycles. The smallest absolute Gasteiger partial charge is 0.118 e. The summed E-state index contributed by atoms with van der Waals surface area (Å²) in [7, 11) is 3.64. The predicted molar refractivity (Wildman–Crippen MR) is 83.5 cm³/mol. The van der Waals surface area contributed by atoms with Crippen LogP contribution in [-0.2, 0) is 6.54 Å². The van der Waals surface area contributed by atoms with Crippen LogP contribution in [0.1, 0.15) is 22.5 Å². The van der Waals surface area contributed by atoms with Gasteiger partial charge in [0.2, 0.25) is 0 Å². The fourth-order valence-corrected chi connectivity index (χ4v) is 2.34. The lowest BCUT2D eigenvalue weighted by molar-refractivity contribution is 0.414. The maximum absolute atomic E-state index is 9.34. The molecule has 0 bridgehead atoms. The lowest BCUT2D eigenvalue weighted by atomic mass is 10.1. The molecule has 108 valence electrons. The molecule has 0 saturated carbocycles. The monoisotopic (exact) mass is 281 g/mol. The Labute approximate surface area is 125 Å². The number of aromatic nitrogens is 1. The van der Waals surface area contributed by atoms with Crippen LogP contribution in [0.5, 0.6) is 5.75 Å². The molecule has 0 amide bonds. The van der Waals surface area contributed by atoms with Crippen LogP contribution >= 0.6 is 0 Å². The standard InChI is InChI=1S/C17H19N3O/c1-12-9-17(16(10-18)13(2)19-12)20(3)11-14-5-7-15(21-4)8-6-14/h5-9H,11H2,1-4H3. The largest absolute Gasteiger partial charge is 0.497 e. The lowest BCUT2D eigenvalue weighted by Crippen LogP contribution is -2.18. The normalized spacial score (nSPS) is 10.0. The molecular formula is C17H19N3O. The molecule has 0 atom stereocenters. The second-order valence-electron chi connectivity index (χ2n) is 5.06. The van der Waals surface area contributed by atoms with Crippen LogP contribution in [0, 0.1) is 25.2 Å². The molecular weight excluding hydrogens is 262 g/mol. The summed E-state index contributed by atoms with van der Waals surface area (Å²) in [6.07, 6.45) is 0. The molecule has 0 unspecified atom stereocenters. The van der Waals surface area contributed by atoms with Crippen LogP contribution in [0.2, 0.25) is 0 Å². The topological polar surface area (TPSA) is 49.1 Å². The minimum absolute atomic E-state index is 0.636. The van der Waals surface area contributed by atoms with Crippen molar-refractivity contribution in [1.29, 1.82) is 5.26 Å². The van der Waals surface area contributed by atoms with E-state index in [0.717, 1.165) is 34.9 Å². The Morgan fingerprint density at radius 3 is 2.48 bits per heavy atom. The van der Waals surface area contributed by atoms with Gasteiger partial charge in [0.05, 0.1) is 24.1 Å². The molecule has 2 aromatic rings. The summed E-state index contributed by atoms with van der Waals surface area (Å²) in [6.45, 7) is 4.54. The summed E-state index contributed by atoms with van der Waals surface area (Å²) in [5, 5.41) is 9.34. The van der Waals surface area contributed by atoms with E-state index in [0.29, 0.717) is 5.56 Å². The number of benzene rings is 1. The molecule has 4 heteroatoms. The number of methoxy groups -OCH3 is 1. The minimum atomic E-state index is 0.636. The fraction of sp³-hybridized carbons (Fsp3) is 0.294. The van der Waals surface area contributed by atoms with Crippen molar-refractivity contribution in [2.75, 3.05) is 19.1 Å². The quantitative estimate of drug-likeness (QED) is 0.863. The fourth-order valence-electron chi connectivity index (χ4n) is 2.34. The Bertz CT molecular complexity index is 672. The maximum atomic E-state index is 9.34. The highest BCUT2D eigenvalue weighted by Crippen LogP contribution is 2.24. The Morgan fingerprint density at radius 1 is 1.24 bits per heavy atom. The van der Waals surface area contributed by atoms with E-state index in [4.69, 9.17) is 4.74 Å². The molecule has 2 rings (SSSR count). The van der Waals surface area contributed by atoms with E-state index < -0.39 is 0 Å². The van der Waals surface area contributed by atoms with Gasteiger partial charge in [0.1, 0.15) is 11.8 Å². The first-order valence-electron chi connectivity index (χ1n) is 6.77. The van der Waals surface area contributed by atoms with Crippen molar-refractivity contribution in [3.8, 4) is 11.8 Å². The molecule has 0 aliphatic heterocycles. The first-order chi connectivity index (χ1) is 10.0. The molecule has 0 spiro atoms. The van der Waals surface area contributed by atoms with Gasteiger partial charge in [0, 0.05) is 19.3 Å². The van der Waals surface area contributed by atoms with E-state index in [2.05, 4.69) is 16.0 Å². The lowest BCUT2D eigenvalue weighted by Gasteiger charge is -2.22. The van der Waals surface area contributed by atoms with Gasteiger partial charge in [0.25, 0.3) is 0 Å². The van der Waals surface area contributed by atoms with Gasteiger partial charge in [-0.3, -0.25) is 4.98 Å². The number of hydrogen-bond acceptors (Lipinski definition) is 4. The zero-order valence-electron chi connectivity index (χ0n) is 12.8. The Balaban J connectivity index is 2.27. The second-order valence-corrected chi connectivity index (χ2v) is 5.06. The SMILES string of the molecule is COc1ccc(CN(C)c2cc(C)nc(C)c2C#N)cc1. The number of aryl methyl sites for hydroxylation is 2. The molecule has 0 fully saturated rings. The van der Waals surface area contributed by atoms with Crippen LogP contribution in [0.25, 0.3) is 0 Å². The van der Waals surface area contributed by atoms with Gasteiger partial charge in [-0.25, -0.2) is 0 Å². The van der Waals surface area contributed by atoms with E-state index in [9.17, 15) is 5.26 Å². The number of pyridine rings is 1. The summed E-state index contributed by atoms with van der Waals surface area (Å²) >= 11 is 0. The molecule has 0 saturated heterocycles. The first-order valence-corrected chi connectivity index (χ1v) is 6.77. The summed E-state index contributed by atoms with van der Waals surface area (Å²) < 4.78 is 5.16. The summed E-state index contributed by atoms with van der Waals surface area (Å²) in [6, 6.07) is 12.1. The van der Waals surface area contributed by atoms with Gasteiger partial charge in [-0.15, -0.1) is 0 Å². The number of ether oxygens (including phenoxy) is 1. The number of anilines is 1. The maximum Gasteiger partial charge on any atom is 0.118 e.